The Morgan fingerprint density at radius 1 is 1.38 bits per heavy atom. The van der Waals surface area contributed by atoms with Gasteiger partial charge in [-0.25, -0.2) is 0 Å². The predicted octanol–water partition coefficient (Wildman–Crippen LogP) is 0.723. The van der Waals surface area contributed by atoms with Crippen LogP contribution in [0.4, 0.5) is 0 Å². The Bertz CT molecular complexity index is 161. The molecule has 0 spiro atoms. The molecule has 0 aromatic carbocycles. The smallest absolute Gasteiger partial charge is 0.0699 e. The largest absolute Gasteiger partial charge is 0.383 e. The molecule has 4 nitrogen and oxygen atoms in total. The maximum absolute atomic E-state index is 5.65. The molecule has 16 heavy (non-hydrogen) atoms. The molecule has 0 aliphatic carbocycles. The van der Waals surface area contributed by atoms with Crippen molar-refractivity contribution in [2.75, 3.05) is 53.6 Å². The third kappa shape index (κ3) is 6.43. The van der Waals surface area contributed by atoms with Crippen molar-refractivity contribution < 1.29 is 9.47 Å². The van der Waals surface area contributed by atoms with Crippen molar-refractivity contribution in [2.24, 2.45) is 0 Å². The lowest BCUT2D eigenvalue weighted by atomic mass is 10.1. The van der Waals surface area contributed by atoms with Crippen molar-refractivity contribution >= 4 is 0 Å². The van der Waals surface area contributed by atoms with Crippen molar-refractivity contribution in [3.63, 3.8) is 0 Å². The maximum atomic E-state index is 5.65. The summed E-state index contributed by atoms with van der Waals surface area (Å²) in [7, 11) is 3.87. The van der Waals surface area contributed by atoms with Crippen LogP contribution in [0.15, 0.2) is 0 Å². The third-order valence-electron chi connectivity index (χ3n) is 2.99. The fourth-order valence-electron chi connectivity index (χ4n) is 1.86. The topological polar surface area (TPSA) is 33.7 Å². The molecule has 1 fully saturated rings. The van der Waals surface area contributed by atoms with Gasteiger partial charge < -0.3 is 19.7 Å². The molecule has 96 valence electrons. The van der Waals surface area contributed by atoms with Gasteiger partial charge in [0.05, 0.1) is 12.7 Å². The zero-order chi connectivity index (χ0) is 11.6. The highest BCUT2D eigenvalue weighted by molar-refractivity contribution is 4.66. The summed E-state index contributed by atoms with van der Waals surface area (Å²) in [6, 6.07) is 0. The number of nitrogens with zero attached hydrogens (tertiary/aromatic N) is 1. The summed E-state index contributed by atoms with van der Waals surface area (Å²) in [4.78, 5) is 2.28. The number of nitrogens with one attached hydrogen (secondary N) is 1. The van der Waals surface area contributed by atoms with Crippen LogP contribution in [0.1, 0.15) is 19.3 Å². The minimum atomic E-state index is 0.443. The lowest BCUT2D eigenvalue weighted by molar-refractivity contribution is 0.0168. The second-order valence-electron chi connectivity index (χ2n) is 4.49. The lowest BCUT2D eigenvalue weighted by Gasteiger charge is -2.23. The second-order valence-corrected chi connectivity index (χ2v) is 4.49. The highest BCUT2D eigenvalue weighted by atomic mass is 16.5. The second kappa shape index (κ2) is 8.93. The molecule has 1 unspecified atom stereocenters. The zero-order valence-corrected chi connectivity index (χ0v) is 10.7. The molecule has 0 radical (unpaired) electrons. The number of methoxy groups -OCH3 is 1. The summed E-state index contributed by atoms with van der Waals surface area (Å²) in [5.74, 6) is 0. The van der Waals surface area contributed by atoms with Crippen molar-refractivity contribution in [3.05, 3.63) is 0 Å². The van der Waals surface area contributed by atoms with Gasteiger partial charge in [0.1, 0.15) is 0 Å². The Morgan fingerprint density at radius 3 is 2.94 bits per heavy atom. The van der Waals surface area contributed by atoms with Gasteiger partial charge in [0, 0.05) is 39.9 Å². The fraction of sp³-hybridized carbons (Fsp3) is 1.00. The molecule has 1 N–H and O–H groups in total. The Hall–Kier alpha value is -0.160. The fourth-order valence-corrected chi connectivity index (χ4v) is 1.86. The van der Waals surface area contributed by atoms with E-state index in [0.29, 0.717) is 6.10 Å². The van der Waals surface area contributed by atoms with Crippen LogP contribution in [0.5, 0.6) is 0 Å². The van der Waals surface area contributed by atoms with Gasteiger partial charge in [0.2, 0.25) is 0 Å². The van der Waals surface area contributed by atoms with Crippen molar-refractivity contribution in [3.8, 4) is 0 Å². The monoisotopic (exact) mass is 230 g/mol. The van der Waals surface area contributed by atoms with Crippen LogP contribution in [0, 0.1) is 0 Å². The molecule has 0 bridgehead atoms. The summed E-state index contributed by atoms with van der Waals surface area (Å²) >= 11 is 0. The van der Waals surface area contributed by atoms with E-state index in [1.807, 2.05) is 0 Å². The average Bonchev–Trinajstić information content (AvgIpc) is 2.33. The molecule has 1 aliphatic rings. The molecular formula is C12H26N2O2. The SMILES string of the molecule is COCCN(C)CCNCC1CCCCO1. The molecule has 0 aromatic rings. The van der Waals surface area contributed by atoms with Crippen molar-refractivity contribution in [1.29, 1.82) is 0 Å². The van der Waals surface area contributed by atoms with Gasteiger partial charge in [-0.3, -0.25) is 0 Å². The van der Waals surface area contributed by atoms with Gasteiger partial charge in [-0.05, 0) is 26.3 Å². The molecule has 1 heterocycles. The summed E-state index contributed by atoms with van der Waals surface area (Å²) in [5.41, 5.74) is 0. The van der Waals surface area contributed by atoms with Gasteiger partial charge in [0.25, 0.3) is 0 Å². The lowest BCUT2D eigenvalue weighted by Crippen LogP contribution is -2.36. The van der Waals surface area contributed by atoms with Crippen LogP contribution < -0.4 is 5.32 Å². The van der Waals surface area contributed by atoms with Gasteiger partial charge >= 0.3 is 0 Å². The van der Waals surface area contributed by atoms with E-state index in [9.17, 15) is 0 Å². The van der Waals surface area contributed by atoms with Crippen molar-refractivity contribution in [2.45, 2.75) is 25.4 Å². The van der Waals surface area contributed by atoms with Crippen LogP contribution in [-0.4, -0.2) is 64.6 Å². The van der Waals surface area contributed by atoms with E-state index in [1.165, 1.54) is 19.3 Å². The first-order valence-corrected chi connectivity index (χ1v) is 6.32. The van der Waals surface area contributed by atoms with Crippen LogP contribution in [0.3, 0.4) is 0 Å². The Labute approximate surface area is 99.3 Å². The molecular weight excluding hydrogens is 204 g/mol. The first-order valence-electron chi connectivity index (χ1n) is 6.32. The Kier molecular flexibility index (Phi) is 7.76. The van der Waals surface area contributed by atoms with E-state index >= 15 is 0 Å². The number of rotatable bonds is 8. The van der Waals surface area contributed by atoms with Gasteiger partial charge in [-0.1, -0.05) is 0 Å². The highest BCUT2D eigenvalue weighted by Gasteiger charge is 2.12. The maximum Gasteiger partial charge on any atom is 0.0699 e. The quantitative estimate of drug-likeness (QED) is 0.623. The molecule has 1 atom stereocenters. The Balaban J connectivity index is 1.90. The average molecular weight is 230 g/mol. The number of likely N-dealkylation sites (N-methyl/N-ethyl adjacent to an activating group) is 1. The van der Waals surface area contributed by atoms with Crippen LogP contribution in [0.2, 0.25) is 0 Å². The minimum Gasteiger partial charge on any atom is -0.383 e. The number of hydrogen-bond acceptors (Lipinski definition) is 4. The van der Waals surface area contributed by atoms with Crippen LogP contribution >= 0.6 is 0 Å². The summed E-state index contributed by atoms with van der Waals surface area (Å²) in [6.45, 7) is 5.84. The van der Waals surface area contributed by atoms with Crippen LogP contribution in [-0.2, 0) is 9.47 Å². The molecule has 1 saturated heterocycles. The summed E-state index contributed by atoms with van der Waals surface area (Å²) in [6.07, 6.45) is 4.21. The Morgan fingerprint density at radius 2 is 2.25 bits per heavy atom. The predicted molar refractivity (Wildman–Crippen MR) is 65.8 cm³/mol. The summed E-state index contributed by atoms with van der Waals surface area (Å²) < 4.78 is 10.7. The zero-order valence-electron chi connectivity index (χ0n) is 10.7. The van der Waals surface area contributed by atoms with E-state index in [2.05, 4.69) is 17.3 Å². The standard InChI is InChI=1S/C12H26N2O2/c1-14(8-10-15-2)7-6-13-11-12-5-3-4-9-16-12/h12-13H,3-11H2,1-2H3. The first kappa shape index (κ1) is 13.9. The molecule has 1 aliphatic heterocycles. The molecule has 4 heteroatoms. The van der Waals surface area contributed by atoms with Crippen molar-refractivity contribution in [1.82, 2.24) is 10.2 Å². The van der Waals surface area contributed by atoms with E-state index in [1.54, 1.807) is 7.11 Å². The highest BCUT2D eigenvalue weighted by Crippen LogP contribution is 2.11. The van der Waals surface area contributed by atoms with E-state index in [4.69, 9.17) is 9.47 Å². The van der Waals surface area contributed by atoms with E-state index in [-0.39, 0.29) is 0 Å². The molecule has 0 aromatic heterocycles. The number of hydrogen-bond donors (Lipinski definition) is 1. The van der Waals surface area contributed by atoms with E-state index < -0.39 is 0 Å². The van der Waals surface area contributed by atoms with E-state index in [0.717, 1.165) is 39.4 Å². The molecule has 1 rings (SSSR count). The first-order chi connectivity index (χ1) is 7.83. The summed E-state index contributed by atoms with van der Waals surface area (Å²) in [5, 5.41) is 3.45. The van der Waals surface area contributed by atoms with Gasteiger partial charge in [-0.2, -0.15) is 0 Å². The normalized spacial score (nSPS) is 21.6. The minimum absolute atomic E-state index is 0.443. The number of ether oxygens (including phenoxy) is 2. The van der Waals surface area contributed by atoms with Gasteiger partial charge in [-0.15, -0.1) is 0 Å². The van der Waals surface area contributed by atoms with Crippen LogP contribution in [0.25, 0.3) is 0 Å². The third-order valence-corrected chi connectivity index (χ3v) is 2.99. The van der Waals surface area contributed by atoms with Gasteiger partial charge in [0.15, 0.2) is 0 Å². The molecule has 0 saturated carbocycles. The molecule has 0 amide bonds.